The van der Waals surface area contributed by atoms with E-state index in [9.17, 15) is 40.3 Å². The van der Waals surface area contributed by atoms with Crippen LogP contribution in [0.15, 0.2) is 72.8 Å². The van der Waals surface area contributed by atoms with E-state index in [2.05, 4.69) is 10.6 Å². The lowest BCUT2D eigenvalue weighted by Crippen LogP contribution is -2.37. The summed E-state index contributed by atoms with van der Waals surface area (Å²) < 4.78 is 92.0. The molecule has 0 heterocycles. The van der Waals surface area contributed by atoms with E-state index in [1.807, 2.05) is 0 Å². The number of alkyl halides is 6. The zero-order valence-electron chi connectivity index (χ0n) is 19.0. The maximum absolute atomic E-state index is 13.3. The van der Waals surface area contributed by atoms with Crippen LogP contribution in [0.4, 0.5) is 46.9 Å². The number of nitrogens with zero attached hydrogens (tertiary/aromatic N) is 1. The van der Waals surface area contributed by atoms with Crippen molar-refractivity contribution in [3.05, 3.63) is 95.3 Å². The number of carbonyl (C=O) groups excluding carboxylic acids is 2. The SMILES string of the molecule is O=C(NCCCN(C(=O)Nc1cccc(C(F)(F)F)c1)c1cccc(C(F)(F)F)c1)c1cccc(F)c1. The molecule has 0 atom stereocenters. The van der Waals surface area contributed by atoms with Crippen molar-refractivity contribution in [3.63, 3.8) is 0 Å². The quantitative estimate of drug-likeness (QED) is 0.265. The molecule has 12 heteroatoms. The molecule has 0 aromatic heterocycles. The van der Waals surface area contributed by atoms with E-state index in [1.165, 1.54) is 24.3 Å². The van der Waals surface area contributed by atoms with Crippen LogP contribution in [0.3, 0.4) is 0 Å². The van der Waals surface area contributed by atoms with Gasteiger partial charge in [-0.1, -0.05) is 18.2 Å². The van der Waals surface area contributed by atoms with Gasteiger partial charge in [0.2, 0.25) is 0 Å². The van der Waals surface area contributed by atoms with Crippen molar-refractivity contribution in [1.29, 1.82) is 0 Å². The number of benzene rings is 3. The summed E-state index contributed by atoms with van der Waals surface area (Å²) in [4.78, 5) is 26.0. The molecule has 2 N–H and O–H groups in total. The number of hydrogen-bond donors (Lipinski definition) is 2. The Labute approximate surface area is 206 Å². The van der Waals surface area contributed by atoms with Crippen LogP contribution in [-0.2, 0) is 12.4 Å². The minimum atomic E-state index is -4.70. The van der Waals surface area contributed by atoms with Crippen LogP contribution < -0.4 is 15.5 Å². The molecule has 3 rings (SSSR count). The molecule has 0 aliphatic heterocycles. The second kappa shape index (κ2) is 11.3. The molecule has 0 fully saturated rings. The summed E-state index contributed by atoms with van der Waals surface area (Å²) in [5.41, 5.74) is -2.36. The molecule has 0 bridgehead atoms. The van der Waals surface area contributed by atoms with Gasteiger partial charge in [0.1, 0.15) is 5.82 Å². The van der Waals surface area contributed by atoms with Gasteiger partial charge >= 0.3 is 18.4 Å². The normalized spacial score (nSPS) is 11.6. The smallest absolute Gasteiger partial charge is 0.352 e. The lowest BCUT2D eigenvalue weighted by molar-refractivity contribution is -0.138. The van der Waals surface area contributed by atoms with Gasteiger partial charge in [-0.25, -0.2) is 9.18 Å². The third-order valence-electron chi connectivity index (χ3n) is 5.10. The van der Waals surface area contributed by atoms with Gasteiger partial charge in [0.05, 0.1) is 11.1 Å². The van der Waals surface area contributed by atoms with E-state index in [0.29, 0.717) is 6.07 Å². The highest BCUT2D eigenvalue weighted by molar-refractivity contribution is 6.01. The lowest BCUT2D eigenvalue weighted by atomic mass is 10.1. The van der Waals surface area contributed by atoms with Crippen LogP contribution in [-0.4, -0.2) is 25.0 Å². The molecule has 196 valence electrons. The highest BCUT2D eigenvalue weighted by atomic mass is 19.4. The number of anilines is 2. The number of urea groups is 1. The maximum atomic E-state index is 13.3. The Hall–Kier alpha value is -4.09. The Balaban J connectivity index is 1.76. The average molecular weight is 527 g/mol. The first-order valence-corrected chi connectivity index (χ1v) is 10.8. The highest BCUT2D eigenvalue weighted by Gasteiger charge is 2.32. The Kier molecular flexibility index (Phi) is 8.41. The Morgan fingerprint density at radius 1 is 0.784 bits per heavy atom. The molecule has 0 aliphatic rings. The average Bonchev–Trinajstić information content (AvgIpc) is 2.83. The number of hydrogen-bond acceptors (Lipinski definition) is 2. The maximum Gasteiger partial charge on any atom is 0.416 e. The predicted molar refractivity (Wildman–Crippen MR) is 123 cm³/mol. The fourth-order valence-corrected chi connectivity index (χ4v) is 3.33. The Bertz CT molecular complexity index is 1260. The zero-order chi connectivity index (χ0) is 27.2. The zero-order valence-corrected chi connectivity index (χ0v) is 19.0. The van der Waals surface area contributed by atoms with E-state index >= 15 is 0 Å². The predicted octanol–water partition coefficient (Wildman–Crippen LogP) is 6.72. The van der Waals surface area contributed by atoms with E-state index in [0.717, 1.165) is 47.4 Å². The second-order valence-corrected chi connectivity index (χ2v) is 7.83. The van der Waals surface area contributed by atoms with Gasteiger partial charge < -0.3 is 10.6 Å². The van der Waals surface area contributed by atoms with Crippen LogP contribution >= 0.6 is 0 Å². The summed E-state index contributed by atoms with van der Waals surface area (Å²) >= 11 is 0. The molecule has 3 amide bonds. The number of carbonyl (C=O) groups is 2. The lowest BCUT2D eigenvalue weighted by Gasteiger charge is -2.24. The van der Waals surface area contributed by atoms with Gasteiger partial charge in [0, 0.05) is 30.0 Å². The molecule has 5 nitrogen and oxygen atoms in total. The highest BCUT2D eigenvalue weighted by Crippen LogP contribution is 2.33. The third kappa shape index (κ3) is 7.69. The Morgan fingerprint density at radius 3 is 2.05 bits per heavy atom. The second-order valence-electron chi connectivity index (χ2n) is 7.83. The van der Waals surface area contributed by atoms with Crippen LogP contribution in [0.5, 0.6) is 0 Å². The van der Waals surface area contributed by atoms with Gasteiger partial charge in [0.15, 0.2) is 0 Å². The van der Waals surface area contributed by atoms with Crippen molar-refractivity contribution < 1.29 is 40.3 Å². The first kappa shape index (κ1) is 27.5. The van der Waals surface area contributed by atoms with E-state index in [-0.39, 0.29) is 36.4 Å². The van der Waals surface area contributed by atoms with E-state index in [4.69, 9.17) is 0 Å². The van der Waals surface area contributed by atoms with Gasteiger partial charge in [-0.3, -0.25) is 9.69 Å². The summed E-state index contributed by atoms with van der Waals surface area (Å²) in [6.45, 7) is -0.225. The third-order valence-corrected chi connectivity index (χ3v) is 5.10. The molecule has 3 aromatic carbocycles. The molecule has 0 radical (unpaired) electrons. The largest absolute Gasteiger partial charge is 0.416 e. The molecule has 0 spiro atoms. The summed E-state index contributed by atoms with van der Waals surface area (Å²) in [6.07, 6.45) is -9.30. The molecule has 0 unspecified atom stereocenters. The molecule has 0 saturated carbocycles. The van der Waals surface area contributed by atoms with Gasteiger partial charge in [0.25, 0.3) is 5.91 Å². The summed E-state index contributed by atoms with van der Waals surface area (Å²) in [6, 6.07) is 11.6. The van der Waals surface area contributed by atoms with Crippen LogP contribution in [0.25, 0.3) is 0 Å². The first-order valence-electron chi connectivity index (χ1n) is 10.8. The van der Waals surface area contributed by atoms with Crippen molar-refractivity contribution in [2.45, 2.75) is 18.8 Å². The van der Waals surface area contributed by atoms with Crippen molar-refractivity contribution in [1.82, 2.24) is 5.32 Å². The topological polar surface area (TPSA) is 61.4 Å². The van der Waals surface area contributed by atoms with E-state index in [1.54, 1.807) is 0 Å². The van der Waals surface area contributed by atoms with Crippen molar-refractivity contribution in [2.24, 2.45) is 0 Å². The van der Waals surface area contributed by atoms with Gasteiger partial charge in [-0.05, 0) is 61.0 Å². The molecular weight excluding hydrogens is 507 g/mol. The number of halogens is 7. The molecule has 37 heavy (non-hydrogen) atoms. The molecule has 0 saturated heterocycles. The van der Waals surface area contributed by atoms with Gasteiger partial charge in [-0.2, -0.15) is 26.3 Å². The van der Waals surface area contributed by atoms with Crippen LogP contribution in [0.2, 0.25) is 0 Å². The summed E-state index contributed by atoms with van der Waals surface area (Å²) in [5, 5.41) is 4.78. The van der Waals surface area contributed by atoms with Crippen LogP contribution in [0, 0.1) is 5.82 Å². The minimum Gasteiger partial charge on any atom is -0.352 e. The number of nitrogens with one attached hydrogen (secondary N) is 2. The fraction of sp³-hybridized carbons (Fsp3) is 0.200. The Morgan fingerprint density at radius 2 is 1.41 bits per heavy atom. The first-order chi connectivity index (χ1) is 17.3. The summed E-state index contributed by atoms with van der Waals surface area (Å²) in [7, 11) is 0. The van der Waals surface area contributed by atoms with Crippen LogP contribution in [0.1, 0.15) is 27.9 Å². The van der Waals surface area contributed by atoms with Crippen molar-refractivity contribution in [3.8, 4) is 0 Å². The van der Waals surface area contributed by atoms with E-state index < -0.39 is 41.2 Å². The summed E-state index contributed by atoms with van der Waals surface area (Å²) in [5.74, 6) is -1.21. The molecule has 3 aromatic rings. The van der Waals surface area contributed by atoms with Gasteiger partial charge in [-0.15, -0.1) is 0 Å². The van der Waals surface area contributed by atoms with Crippen molar-refractivity contribution in [2.75, 3.05) is 23.3 Å². The number of amides is 3. The monoisotopic (exact) mass is 527 g/mol. The standard InChI is InChI=1S/C25H20F7N3O2/c26-19-8-1-5-16(13-19)22(36)33-11-4-12-35(21-10-3-7-18(15-21)25(30,31)32)23(37)34-20-9-2-6-17(14-20)24(27,28)29/h1-3,5-10,13-15H,4,11-12H2,(H,33,36)(H,34,37). The minimum absolute atomic E-state index is 0.0261. The number of rotatable bonds is 7. The molecular formula is C25H20F7N3O2. The molecule has 0 aliphatic carbocycles. The fourth-order valence-electron chi connectivity index (χ4n) is 3.33. The van der Waals surface area contributed by atoms with Crippen molar-refractivity contribution >= 4 is 23.3 Å².